The third-order valence-electron chi connectivity index (χ3n) is 3.58. The molecule has 0 unspecified atom stereocenters. The Morgan fingerprint density at radius 1 is 1.39 bits per heavy atom. The van der Waals surface area contributed by atoms with Crippen molar-refractivity contribution in [3.05, 3.63) is 0 Å². The minimum absolute atomic E-state index is 0.00547. The van der Waals surface area contributed by atoms with Crippen LogP contribution in [0.4, 0.5) is 0 Å². The van der Waals surface area contributed by atoms with E-state index >= 15 is 0 Å². The van der Waals surface area contributed by atoms with Crippen molar-refractivity contribution in [2.45, 2.75) is 26.3 Å². The van der Waals surface area contributed by atoms with Crippen molar-refractivity contribution >= 4 is 11.9 Å². The summed E-state index contributed by atoms with van der Waals surface area (Å²) in [6.45, 7) is 5.56. The van der Waals surface area contributed by atoms with E-state index in [1.165, 1.54) is 7.11 Å². The van der Waals surface area contributed by atoms with Gasteiger partial charge in [-0.25, -0.2) is 4.79 Å². The Balaban J connectivity index is 2.73. The number of nitrogens with zero attached hydrogens (tertiary/aromatic N) is 2. The minimum Gasteiger partial charge on any atom is -0.467 e. The Hall–Kier alpha value is -1.10. The molecule has 0 aliphatic carbocycles. The molecule has 1 rings (SSSR count). The number of rotatable bonds is 4. The van der Waals surface area contributed by atoms with Crippen molar-refractivity contribution < 1.29 is 14.3 Å². The molecule has 0 saturated carbocycles. The Bertz CT molecular complexity index is 317. The molecule has 1 heterocycles. The number of carbonyl (C=O) groups is 2. The zero-order valence-corrected chi connectivity index (χ0v) is 12.0. The fourth-order valence-corrected chi connectivity index (χ4v) is 2.56. The van der Waals surface area contributed by atoms with E-state index in [9.17, 15) is 9.59 Å². The lowest BCUT2D eigenvalue weighted by molar-refractivity contribution is -0.155. The summed E-state index contributed by atoms with van der Waals surface area (Å²) in [5.41, 5.74) is 0. The number of methoxy groups -OCH3 is 1. The maximum atomic E-state index is 12.3. The highest BCUT2D eigenvalue weighted by Crippen LogP contribution is 2.20. The largest absolute Gasteiger partial charge is 0.467 e. The second-order valence-corrected chi connectivity index (χ2v) is 5.41. The number of likely N-dealkylation sites (N-methyl/N-ethyl adjacent to an activating group) is 1. The van der Waals surface area contributed by atoms with Crippen LogP contribution in [-0.4, -0.2) is 62.0 Å². The summed E-state index contributed by atoms with van der Waals surface area (Å²) in [7, 11) is 5.06. The van der Waals surface area contributed by atoms with Gasteiger partial charge in [-0.15, -0.1) is 0 Å². The van der Waals surface area contributed by atoms with Crippen LogP contribution in [0.5, 0.6) is 0 Å². The molecular formula is C13H24N2O3. The Morgan fingerprint density at radius 3 is 2.39 bits per heavy atom. The number of likely N-dealkylation sites (tertiary alicyclic amines) is 1. The SMILES string of the molecule is COC(=O)[C@H](C(C)C)N(C)C(=O)[C@H]1CCN(C)C1. The maximum Gasteiger partial charge on any atom is 0.328 e. The van der Waals surface area contributed by atoms with E-state index < -0.39 is 6.04 Å². The van der Waals surface area contributed by atoms with Gasteiger partial charge in [0.25, 0.3) is 0 Å². The number of hydrogen-bond donors (Lipinski definition) is 0. The molecule has 0 radical (unpaired) electrons. The molecule has 0 aromatic carbocycles. The summed E-state index contributed by atoms with van der Waals surface area (Å²) < 4.78 is 4.79. The fraction of sp³-hybridized carbons (Fsp3) is 0.846. The maximum absolute atomic E-state index is 12.3. The third-order valence-corrected chi connectivity index (χ3v) is 3.58. The summed E-state index contributed by atoms with van der Waals surface area (Å²) in [6, 6.07) is -0.492. The first-order valence-electron chi connectivity index (χ1n) is 6.41. The van der Waals surface area contributed by atoms with Crippen LogP contribution in [0.1, 0.15) is 20.3 Å². The molecule has 0 N–H and O–H groups in total. The van der Waals surface area contributed by atoms with Crippen molar-refractivity contribution in [2.24, 2.45) is 11.8 Å². The second kappa shape index (κ2) is 6.18. The molecule has 1 aliphatic rings. The van der Waals surface area contributed by atoms with Gasteiger partial charge in [-0.05, 0) is 25.9 Å². The quantitative estimate of drug-likeness (QED) is 0.691. The minimum atomic E-state index is -0.492. The molecule has 1 fully saturated rings. The van der Waals surface area contributed by atoms with E-state index in [2.05, 4.69) is 4.90 Å². The van der Waals surface area contributed by atoms with Gasteiger partial charge >= 0.3 is 5.97 Å². The average Bonchev–Trinajstić information content (AvgIpc) is 2.74. The number of amides is 1. The molecule has 2 atom stereocenters. The monoisotopic (exact) mass is 256 g/mol. The van der Waals surface area contributed by atoms with Crippen molar-refractivity contribution in [1.29, 1.82) is 0 Å². The number of ether oxygens (including phenoxy) is 1. The van der Waals surface area contributed by atoms with Crippen LogP contribution in [-0.2, 0) is 14.3 Å². The predicted molar refractivity (Wildman–Crippen MR) is 69.0 cm³/mol. The van der Waals surface area contributed by atoms with Gasteiger partial charge in [0.1, 0.15) is 6.04 Å². The van der Waals surface area contributed by atoms with Gasteiger partial charge in [0.2, 0.25) is 5.91 Å². The van der Waals surface area contributed by atoms with Crippen molar-refractivity contribution in [3.63, 3.8) is 0 Å². The lowest BCUT2D eigenvalue weighted by Gasteiger charge is -2.30. The molecular weight excluding hydrogens is 232 g/mol. The Kier molecular flexibility index (Phi) is 5.14. The van der Waals surface area contributed by atoms with E-state index in [-0.39, 0.29) is 23.7 Å². The van der Waals surface area contributed by atoms with Crippen LogP contribution in [0.25, 0.3) is 0 Å². The van der Waals surface area contributed by atoms with Gasteiger partial charge in [-0.2, -0.15) is 0 Å². The van der Waals surface area contributed by atoms with Crippen LogP contribution < -0.4 is 0 Å². The highest BCUT2D eigenvalue weighted by Gasteiger charge is 2.35. The van der Waals surface area contributed by atoms with E-state index in [1.54, 1.807) is 11.9 Å². The van der Waals surface area contributed by atoms with E-state index in [4.69, 9.17) is 4.74 Å². The molecule has 5 heteroatoms. The molecule has 1 saturated heterocycles. The first-order valence-corrected chi connectivity index (χ1v) is 6.41. The molecule has 0 aromatic rings. The molecule has 5 nitrogen and oxygen atoms in total. The fourth-order valence-electron chi connectivity index (χ4n) is 2.56. The highest BCUT2D eigenvalue weighted by molar-refractivity contribution is 5.86. The van der Waals surface area contributed by atoms with Crippen LogP contribution in [0.3, 0.4) is 0 Å². The molecule has 18 heavy (non-hydrogen) atoms. The lowest BCUT2D eigenvalue weighted by Crippen LogP contribution is -2.48. The zero-order chi connectivity index (χ0) is 13.9. The normalized spacial score (nSPS) is 22.0. The van der Waals surface area contributed by atoms with E-state index in [1.807, 2.05) is 20.9 Å². The van der Waals surface area contributed by atoms with Gasteiger partial charge in [-0.3, -0.25) is 4.79 Å². The summed E-state index contributed by atoms with van der Waals surface area (Å²) >= 11 is 0. The molecule has 0 bridgehead atoms. The number of hydrogen-bond acceptors (Lipinski definition) is 4. The van der Waals surface area contributed by atoms with Gasteiger partial charge in [0, 0.05) is 13.6 Å². The van der Waals surface area contributed by atoms with Gasteiger partial charge in [0.15, 0.2) is 0 Å². The lowest BCUT2D eigenvalue weighted by atomic mass is 10.00. The first kappa shape index (κ1) is 15.0. The van der Waals surface area contributed by atoms with Crippen LogP contribution in [0, 0.1) is 11.8 Å². The Labute approximate surface area is 109 Å². The first-order chi connectivity index (χ1) is 8.38. The van der Waals surface area contributed by atoms with Gasteiger partial charge in [0.05, 0.1) is 13.0 Å². The van der Waals surface area contributed by atoms with Crippen molar-refractivity contribution in [2.75, 3.05) is 34.3 Å². The van der Waals surface area contributed by atoms with E-state index in [0.29, 0.717) is 0 Å². The number of carbonyl (C=O) groups excluding carboxylic acids is 2. The third kappa shape index (κ3) is 3.22. The van der Waals surface area contributed by atoms with Gasteiger partial charge in [-0.1, -0.05) is 13.8 Å². The zero-order valence-electron chi connectivity index (χ0n) is 12.0. The van der Waals surface area contributed by atoms with Crippen LogP contribution >= 0.6 is 0 Å². The molecule has 104 valence electrons. The number of esters is 1. The summed E-state index contributed by atoms with van der Waals surface area (Å²) in [4.78, 5) is 27.8. The molecule has 1 aliphatic heterocycles. The smallest absolute Gasteiger partial charge is 0.328 e. The highest BCUT2D eigenvalue weighted by atomic mass is 16.5. The summed E-state index contributed by atoms with van der Waals surface area (Å²) in [5.74, 6) is -0.243. The molecule has 0 aromatic heterocycles. The predicted octanol–water partition coefficient (Wildman–Crippen LogP) is 0.594. The topological polar surface area (TPSA) is 49.9 Å². The van der Waals surface area contributed by atoms with Crippen molar-refractivity contribution in [1.82, 2.24) is 9.80 Å². The standard InChI is InChI=1S/C13H24N2O3/c1-9(2)11(13(17)18-5)15(4)12(16)10-6-7-14(3)8-10/h9-11H,6-8H2,1-5H3/t10-,11-/m0/s1. The van der Waals surface area contributed by atoms with Crippen LogP contribution in [0.2, 0.25) is 0 Å². The second-order valence-electron chi connectivity index (χ2n) is 5.41. The summed E-state index contributed by atoms with van der Waals surface area (Å²) in [6.07, 6.45) is 0.867. The average molecular weight is 256 g/mol. The van der Waals surface area contributed by atoms with E-state index in [0.717, 1.165) is 19.5 Å². The molecule has 1 amide bonds. The molecule has 0 spiro atoms. The van der Waals surface area contributed by atoms with Gasteiger partial charge < -0.3 is 14.5 Å². The Morgan fingerprint density at radius 2 is 2.00 bits per heavy atom. The van der Waals surface area contributed by atoms with Crippen molar-refractivity contribution in [3.8, 4) is 0 Å². The summed E-state index contributed by atoms with van der Waals surface area (Å²) in [5, 5.41) is 0. The van der Waals surface area contributed by atoms with Crippen LogP contribution in [0.15, 0.2) is 0 Å².